The summed E-state index contributed by atoms with van der Waals surface area (Å²) in [7, 11) is -3.24. The van der Waals surface area contributed by atoms with Crippen molar-refractivity contribution in [3.63, 3.8) is 0 Å². The second kappa shape index (κ2) is 7.29. The Morgan fingerprint density at radius 3 is 2.22 bits per heavy atom. The predicted molar refractivity (Wildman–Crippen MR) is 84.7 cm³/mol. The van der Waals surface area contributed by atoms with Crippen molar-refractivity contribution in [3.8, 4) is 0 Å². The molecule has 0 atom stereocenters. The summed E-state index contributed by atoms with van der Waals surface area (Å²) in [5, 5.41) is 0.501. The number of carbonyl (C=O) groups is 2. The first-order chi connectivity index (χ1) is 10.8. The smallest absolute Gasteiger partial charge is 0.338 e. The summed E-state index contributed by atoms with van der Waals surface area (Å²) in [4.78, 5) is 25.3. The van der Waals surface area contributed by atoms with Crippen LogP contribution in [0.25, 0.3) is 0 Å². The zero-order valence-electron chi connectivity index (χ0n) is 12.6. The van der Waals surface area contributed by atoms with E-state index in [1.165, 1.54) is 21.3 Å². The molecule has 23 heavy (non-hydrogen) atoms. The van der Waals surface area contributed by atoms with Crippen LogP contribution in [0.1, 0.15) is 10.4 Å². The van der Waals surface area contributed by atoms with Gasteiger partial charge in [-0.15, -0.1) is 0 Å². The number of benzene rings is 1. The number of hydrogen-bond donors (Lipinski definition) is 0. The molecule has 0 unspecified atom stereocenters. The van der Waals surface area contributed by atoms with Crippen molar-refractivity contribution >= 4 is 33.5 Å². The van der Waals surface area contributed by atoms with Crippen molar-refractivity contribution in [3.05, 3.63) is 34.9 Å². The number of nitrogens with zero attached hydrogens (tertiary/aromatic N) is 2. The van der Waals surface area contributed by atoms with Gasteiger partial charge in [0.25, 0.3) is 5.91 Å². The molecule has 2 rings (SSSR count). The average molecular weight is 361 g/mol. The number of hydrogen-bond acceptors (Lipinski definition) is 5. The number of sulfonamides is 1. The van der Waals surface area contributed by atoms with Crippen LogP contribution in [0, 0.1) is 0 Å². The minimum Gasteiger partial charge on any atom is -0.452 e. The van der Waals surface area contributed by atoms with E-state index >= 15 is 0 Å². The molecule has 1 heterocycles. The molecule has 1 aromatic rings. The van der Waals surface area contributed by atoms with Crippen molar-refractivity contribution < 1.29 is 22.7 Å². The normalized spacial score (nSPS) is 16.2. The van der Waals surface area contributed by atoms with E-state index in [2.05, 4.69) is 0 Å². The maximum absolute atomic E-state index is 12.0. The molecule has 0 aromatic heterocycles. The second-order valence-electron chi connectivity index (χ2n) is 5.13. The van der Waals surface area contributed by atoms with E-state index < -0.39 is 16.0 Å². The molecular formula is C14H17ClN2O5S. The number of halogens is 1. The molecule has 9 heteroatoms. The van der Waals surface area contributed by atoms with Gasteiger partial charge in [0.1, 0.15) is 0 Å². The summed E-state index contributed by atoms with van der Waals surface area (Å²) >= 11 is 5.73. The van der Waals surface area contributed by atoms with Gasteiger partial charge in [-0.25, -0.2) is 13.2 Å². The van der Waals surface area contributed by atoms with Gasteiger partial charge in [-0.2, -0.15) is 4.31 Å². The molecule has 126 valence electrons. The van der Waals surface area contributed by atoms with Gasteiger partial charge in [0.15, 0.2) is 6.61 Å². The van der Waals surface area contributed by atoms with Gasteiger partial charge in [-0.1, -0.05) is 11.6 Å². The summed E-state index contributed by atoms with van der Waals surface area (Å²) in [5.74, 6) is -0.953. The zero-order chi connectivity index (χ0) is 17.0. The van der Waals surface area contributed by atoms with E-state index in [-0.39, 0.29) is 38.7 Å². The highest BCUT2D eigenvalue weighted by Gasteiger charge is 2.26. The Labute approximate surface area is 139 Å². The molecule has 1 aliphatic rings. The molecule has 1 amide bonds. The van der Waals surface area contributed by atoms with Crippen LogP contribution in [0.4, 0.5) is 0 Å². The Kier molecular flexibility index (Phi) is 5.61. The van der Waals surface area contributed by atoms with Crippen LogP contribution in [0.5, 0.6) is 0 Å². The maximum atomic E-state index is 12.0. The lowest BCUT2D eigenvalue weighted by atomic mass is 10.2. The number of ether oxygens (including phenoxy) is 1. The lowest BCUT2D eigenvalue weighted by Crippen LogP contribution is -2.51. The molecule has 1 fully saturated rings. The minimum atomic E-state index is -3.24. The van der Waals surface area contributed by atoms with Crippen LogP contribution in [-0.2, 0) is 19.6 Å². The number of rotatable bonds is 4. The van der Waals surface area contributed by atoms with Crippen molar-refractivity contribution in [2.45, 2.75) is 0 Å². The SMILES string of the molecule is CS(=O)(=O)N1CCN(C(=O)COC(=O)c2ccc(Cl)cc2)CC1. The third-order valence-electron chi connectivity index (χ3n) is 3.47. The first-order valence-electron chi connectivity index (χ1n) is 6.93. The van der Waals surface area contributed by atoms with Crippen LogP contribution >= 0.6 is 11.6 Å². The van der Waals surface area contributed by atoms with E-state index in [0.717, 1.165) is 6.26 Å². The summed E-state index contributed by atoms with van der Waals surface area (Å²) < 4.78 is 29.1. The third kappa shape index (κ3) is 4.92. The van der Waals surface area contributed by atoms with Crippen molar-refractivity contribution in [2.75, 3.05) is 39.0 Å². The van der Waals surface area contributed by atoms with Crippen LogP contribution in [0.3, 0.4) is 0 Å². The predicted octanol–water partition coefficient (Wildman–Crippen LogP) is 0.601. The Hall–Kier alpha value is -1.64. The highest BCUT2D eigenvalue weighted by Crippen LogP contribution is 2.11. The number of esters is 1. The fourth-order valence-electron chi connectivity index (χ4n) is 2.16. The van der Waals surface area contributed by atoms with Crippen molar-refractivity contribution in [1.29, 1.82) is 0 Å². The van der Waals surface area contributed by atoms with Crippen LogP contribution in [0.2, 0.25) is 5.02 Å². The minimum absolute atomic E-state index is 0.246. The van der Waals surface area contributed by atoms with Crippen molar-refractivity contribution in [2.24, 2.45) is 0 Å². The Morgan fingerprint density at radius 2 is 1.70 bits per heavy atom. The number of carbonyl (C=O) groups excluding carboxylic acids is 2. The number of piperazine rings is 1. The van der Waals surface area contributed by atoms with Crippen molar-refractivity contribution in [1.82, 2.24) is 9.21 Å². The molecule has 0 radical (unpaired) electrons. The van der Waals surface area contributed by atoms with E-state index in [1.54, 1.807) is 12.1 Å². The summed E-state index contributed by atoms with van der Waals surface area (Å²) in [5.41, 5.74) is 0.309. The second-order valence-corrected chi connectivity index (χ2v) is 7.54. The van der Waals surface area contributed by atoms with Gasteiger partial charge in [-0.05, 0) is 24.3 Å². The topological polar surface area (TPSA) is 84.0 Å². The summed E-state index contributed by atoms with van der Waals surface area (Å²) in [6, 6.07) is 6.15. The molecule has 1 saturated heterocycles. The van der Waals surface area contributed by atoms with Gasteiger partial charge < -0.3 is 9.64 Å². The van der Waals surface area contributed by atoms with Crippen LogP contribution in [0.15, 0.2) is 24.3 Å². The molecular weight excluding hydrogens is 344 g/mol. The summed E-state index contributed by atoms with van der Waals surface area (Å²) in [6.07, 6.45) is 1.14. The van der Waals surface area contributed by atoms with Crippen LogP contribution in [-0.4, -0.2) is 68.5 Å². The first-order valence-corrected chi connectivity index (χ1v) is 9.15. The van der Waals surface area contributed by atoms with Gasteiger partial charge in [0.05, 0.1) is 11.8 Å². The Balaban J connectivity index is 1.82. The highest BCUT2D eigenvalue weighted by atomic mass is 35.5. The van der Waals surface area contributed by atoms with E-state index in [1.807, 2.05) is 0 Å². The molecule has 1 aromatic carbocycles. The standard InChI is InChI=1S/C14H17ClN2O5S/c1-23(20,21)17-8-6-16(7-9-17)13(18)10-22-14(19)11-2-4-12(15)5-3-11/h2-5H,6-10H2,1H3. The summed E-state index contributed by atoms with van der Waals surface area (Å²) in [6.45, 7) is 0.681. The Bertz CT molecular complexity index is 682. The molecule has 0 aliphatic carbocycles. The fourth-order valence-corrected chi connectivity index (χ4v) is 3.11. The van der Waals surface area contributed by atoms with E-state index in [9.17, 15) is 18.0 Å². The molecule has 0 bridgehead atoms. The van der Waals surface area contributed by atoms with E-state index in [4.69, 9.17) is 16.3 Å². The maximum Gasteiger partial charge on any atom is 0.338 e. The molecule has 7 nitrogen and oxygen atoms in total. The average Bonchev–Trinajstić information content (AvgIpc) is 2.52. The van der Waals surface area contributed by atoms with Gasteiger partial charge in [0, 0.05) is 31.2 Å². The highest BCUT2D eigenvalue weighted by molar-refractivity contribution is 7.88. The monoisotopic (exact) mass is 360 g/mol. The quantitative estimate of drug-likeness (QED) is 0.734. The van der Waals surface area contributed by atoms with Gasteiger partial charge in [0.2, 0.25) is 10.0 Å². The third-order valence-corrected chi connectivity index (χ3v) is 5.02. The van der Waals surface area contributed by atoms with Crippen LogP contribution < -0.4 is 0 Å². The van der Waals surface area contributed by atoms with Gasteiger partial charge >= 0.3 is 5.97 Å². The largest absolute Gasteiger partial charge is 0.452 e. The lowest BCUT2D eigenvalue weighted by Gasteiger charge is -2.33. The first kappa shape index (κ1) is 17.7. The fraction of sp³-hybridized carbons (Fsp3) is 0.429. The lowest BCUT2D eigenvalue weighted by molar-refractivity contribution is -0.135. The zero-order valence-corrected chi connectivity index (χ0v) is 14.1. The molecule has 0 N–H and O–H groups in total. The van der Waals surface area contributed by atoms with Gasteiger partial charge in [-0.3, -0.25) is 4.79 Å². The van der Waals surface area contributed by atoms with E-state index in [0.29, 0.717) is 10.6 Å². The molecule has 0 saturated carbocycles. The molecule has 0 spiro atoms. The Morgan fingerprint density at radius 1 is 1.13 bits per heavy atom. The number of amides is 1. The molecule has 1 aliphatic heterocycles.